The third-order valence-electron chi connectivity index (χ3n) is 2.58. The van der Waals surface area contributed by atoms with Crippen LogP contribution in [-0.4, -0.2) is 30.4 Å². The van der Waals surface area contributed by atoms with Crippen LogP contribution in [0.5, 0.6) is 0 Å². The minimum Gasteiger partial charge on any atom is -0.466 e. The zero-order valence-electron chi connectivity index (χ0n) is 11.8. The highest BCUT2D eigenvalue weighted by Gasteiger charge is 2.25. The highest BCUT2D eigenvalue weighted by molar-refractivity contribution is 9.10. The lowest BCUT2D eigenvalue weighted by Gasteiger charge is -2.01. The number of ether oxygens (including phenoxy) is 1. The Morgan fingerprint density at radius 2 is 2.08 bits per heavy atom. The van der Waals surface area contributed by atoms with Gasteiger partial charge in [0.05, 0.1) is 22.7 Å². The number of methoxy groups -OCH3 is 1. The van der Waals surface area contributed by atoms with E-state index in [1.165, 1.54) is 0 Å². The summed E-state index contributed by atoms with van der Waals surface area (Å²) < 4.78 is 43.8. The zero-order valence-corrected chi connectivity index (χ0v) is 14.2. The molecule has 1 aromatic rings. The van der Waals surface area contributed by atoms with Crippen molar-refractivity contribution in [3.05, 3.63) is 44.5 Å². The number of nitrogens with one attached hydrogen (secondary N) is 1. The van der Waals surface area contributed by atoms with Crippen molar-refractivity contribution < 1.29 is 27.5 Å². The summed E-state index contributed by atoms with van der Waals surface area (Å²) in [6, 6.07) is 0.613. The third-order valence-corrected chi connectivity index (χ3v) is 4.17. The molecule has 1 amide bonds. The van der Waals surface area contributed by atoms with Crippen molar-refractivity contribution in [1.82, 2.24) is 5.32 Å². The van der Waals surface area contributed by atoms with Crippen LogP contribution in [0, 0.1) is 17.5 Å². The van der Waals surface area contributed by atoms with E-state index < -0.39 is 33.8 Å². The Hall–Kier alpha value is -2.14. The van der Waals surface area contributed by atoms with E-state index in [4.69, 9.17) is 0 Å². The Morgan fingerprint density at radius 3 is 2.75 bits per heavy atom. The summed E-state index contributed by atoms with van der Waals surface area (Å²) in [6.45, 7) is 0. The van der Waals surface area contributed by atoms with Gasteiger partial charge in [-0.2, -0.15) is 5.10 Å². The van der Waals surface area contributed by atoms with Crippen LogP contribution in [0.3, 0.4) is 0 Å². The SMILES string of the molecule is COC(=O)/C=C1/S/C(=N\N=Cc2cc(F)c(F)c(Br)c2F)NC1=O. The van der Waals surface area contributed by atoms with E-state index in [0.717, 1.165) is 31.2 Å². The van der Waals surface area contributed by atoms with Gasteiger partial charge in [0.15, 0.2) is 16.8 Å². The standard InChI is InChI=1S/C13H7BrF3N3O3S/c1-23-8(21)3-7-12(22)19-13(24-7)20-18-4-5-2-6(15)11(17)9(14)10(5)16/h2-4H,1H3,(H,19,20,22)/b7-3+,18-4?. The van der Waals surface area contributed by atoms with Crippen molar-refractivity contribution in [2.75, 3.05) is 7.11 Å². The first kappa shape index (κ1) is 18.2. The molecule has 126 valence electrons. The van der Waals surface area contributed by atoms with E-state index in [1.54, 1.807) is 0 Å². The van der Waals surface area contributed by atoms with Crippen LogP contribution in [0.15, 0.2) is 31.7 Å². The molecule has 1 aliphatic heterocycles. The highest BCUT2D eigenvalue weighted by atomic mass is 79.9. The molecule has 6 nitrogen and oxygen atoms in total. The van der Waals surface area contributed by atoms with Gasteiger partial charge in [-0.05, 0) is 33.8 Å². The minimum absolute atomic E-state index is 0.0217. The van der Waals surface area contributed by atoms with Crippen molar-refractivity contribution in [3.8, 4) is 0 Å². The molecule has 0 spiro atoms. The third kappa shape index (κ3) is 4.03. The summed E-state index contributed by atoms with van der Waals surface area (Å²) in [4.78, 5) is 22.7. The number of halogens is 4. The predicted octanol–water partition coefficient (Wildman–Crippen LogP) is 2.48. The zero-order chi connectivity index (χ0) is 17.9. The summed E-state index contributed by atoms with van der Waals surface area (Å²) in [7, 11) is 1.16. The van der Waals surface area contributed by atoms with Crippen LogP contribution in [0.25, 0.3) is 0 Å². The summed E-state index contributed by atoms with van der Waals surface area (Å²) in [6.07, 6.45) is 1.82. The first-order valence-corrected chi connectivity index (χ1v) is 7.67. The molecule has 0 unspecified atom stereocenters. The van der Waals surface area contributed by atoms with E-state index in [9.17, 15) is 22.8 Å². The van der Waals surface area contributed by atoms with E-state index in [1.807, 2.05) is 0 Å². The van der Waals surface area contributed by atoms with Crippen LogP contribution in [0.2, 0.25) is 0 Å². The number of hydrogen-bond donors (Lipinski definition) is 1. The smallest absolute Gasteiger partial charge is 0.331 e. The minimum atomic E-state index is -1.35. The van der Waals surface area contributed by atoms with Gasteiger partial charge in [-0.1, -0.05) is 0 Å². The van der Waals surface area contributed by atoms with E-state index in [2.05, 4.69) is 36.2 Å². The molecule has 1 N–H and O–H groups in total. The molecule has 1 saturated heterocycles. The van der Waals surface area contributed by atoms with Crippen molar-refractivity contribution in [1.29, 1.82) is 0 Å². The average molecular weight is 422 g/mol. The normalized spacial score (nSPS) is 17.8. The van der Waals surface area contributed by atoms with Gasteiger partial charge in [0.2, 0.25) is 0 Å². The topological polar surface area (TPSA) is 80.1 Å². The number of carbonyl (C=O) groups excluding carboxylic acids is 2. The van der Waals surface area contributed by atoms with Gasteiger partial charge >= 0.3 is 5.97 Å². The quantitative estimate of drug-likeness (QED) is 0.203. The lowest BCUT2D eigenvalue weighted by Crippen LogP contribution is -2.19. The van der Waals surface area contributed by atoms with E-state index >= 15 is 0 Å². The summed E-state index contributed by atoms with van der Waals surface area (Å²) in [5, 5.41) is 9.43. The van der Waals surface area contributed by atoms with Gasteiger partial charge in [0.1, 0.15) is 5.82 Å². The fourth-order valence-electron chi connectivity index (χ4n) is 1.47. The molecule has 1 heterocycles. The molecule has 2 rings (SSSR count). The molecular formula is C13H7BrF3N3O3S. The number of thioether (sulfide) groups is 1. The summed E-state index contributed by atoms with van der Waals surface area (Å²) >= 11 is 3.39. The second-order valence-corrected chi connectivity index (χ2v) is 5.95. The molecule has 0 saturated carbocycles. The molecule has 11 heteroatoms. The predicted molar refractivity (Wildman–Crippen MR) is 84.9 cm³/mol. The molecule has 1 aromatic carbocycles. The van der Waals surface area contributed by atoms with Crippen molar-refractivity contribution >= 4 is 51.0 Å². The molecule has 0 bridgehead atoms. The highest BCUT2D eigenvalue weighted by Crippen LogP contribution is 2.25. The monoisotopic (exact) mass is 421 g/mol. The number of carbonyl (C=O) groups is 2. The van der Waals surface area contributed by atoms with Gasteiger partial charge in [-0.25, -0.2) is 18.0 Å². The van der Waals surface area contributed by atoms with Crippen molar-refractivity contribution in [2.24, 2.45) is 10.2 Å². The molecule has 24 heavy (non-hydrogen) atoms. The fourth-order valence-corrected chi connectivity index (χ4v) is 2.63. The molecule has 0 aromatic heterocycles. The number of nitrogens with zero attached hydrogens (tertiary/aromatic N) is 2. The van der Waals surface area contributed by atoms with Crippen LogP contribution in [0.1, 0.15) is 5.56 Å². The average Bonchev–Trinajstić information content (AvgIpc) is 2.89. The molecular weight excluding hydrogens is 415 g/mol. The Bertz CT molecular complexity index is 811. The molecule has 1 fully saturated rings. The van der Waals surface area contributed by atoms with Gasteiger partial charge in [0, 0.05) is 11.6 Å². The Morgan fingerprint density at radius 1 is 1.38 bits per heavy atom. The summed E-state index contributed by atoms with van der Waals surface area (Å²) in [5.74, 6) is -4.96. The molecule has 1 aliphatic rings. The van der Waals surface area contributed by atoms with Crippen LogP contribution in [0.4, 0.5) is 13.2 Å². The molecule has 0 aliphatic carbocycles. The maximum Gasteiger partial charge on any atom is 0.331 e. The van der Waals surface area contributed by atoms with Gasteiger partial charge in [0.25, 0.3) is 5.91 Å². The number of benzene rings is 1. The van der Waals surface area contributed by atoms with Crippen LogP contribution in [-0.2, 0) is 14.3 Å². The van der Waals surface area contributed by atoms with E-state index in [-0.39, 0.29) is 15.6 Å². The Labute approximate surface area is 146 Å². The first-order chi connectivity index (χ1) is 11.3. The van der Waals surface area contributed by atoms with Gasteiger partial charge in [-0.15, -0.1) is 5.10 Å². The lowest BCUT2D eigenvalue weighted by molar-refractivity contribution is -0.135. The van der Waals surface area contributed by atoms with Gasteiger partial charge in [-0.3, -0.25) is 10.1 Å². The van der Waals surface area contributed by atoms with Crippen LogP contribution >= 0.6 is 27.7 Å². The number of amides is 1. The maximum atomic E-state index is 13.7. The Balaban J connectivity index is 2.18. The number of esters is 1. The van der Waals surface area contributed by atoms with Crippen molar-refractivity contribution in [3.63, 3.8) is 0 Å². The fraction of sp³-hybridized carbons (Fsp3) is 0.0769. The number of amidine groups is 1. The molecule has 0 radical (unpaired) electrons. The number of hydrogen-bond acceptors (Lipinski definition) is 6. The number of rotatable bonds is 3. The first-order valence-electron chi connectivity index (χ1n) is 6.06. The second-order valence-electron chi connectivity index (χ2n) is 4.13. The van der Waals surface area contributed by atoms with E-state index in [0.29, 0.717) is 6.07 Å². The summed E-state index contributed by atoms with van der Waals surface area (Å²) in [5.41, 5.74) is -0.343. The Kier molecular flexibility index (Phi) is 5.78. The van der Waals surface area contributed by atoms with Crippen molar-refractivity contribution in [2.45, 2.75) is 0 Å². The largest absolute Gasteiger partial charge is 0.466 e. The maximum absolute atomic E-state index is 13.7. The van der Waals surface area contributed by atoms with Crippen LogP contribution < -0.4 is 5.32 Å². The van der Waals surface area contributed by atoms with Gasteiger partial charge < -0.3 is 4.74 Å². The molecule has 0 atom stereocenters. The second kappa shape index (κ2) is 7.62. The lowest BCUT2D eigenvalue weighted by atomic mass is 10.2.